The molecule has 4 heteroatoms. The van der Waals surface area contributed by atoms with Gasteiger partial charge in [-0.2, -0.15) is 51.7 Å². The molecule has 1 aliphatic carbocycles. The number of aryl methyl sites for hydroxylation is 2. The molecule has 46 heavy (non-hydrogen) atoms. The average Bonchev–Trinajstić information content (AvgIpc) is 3.45. The Kier molecular flexibility index (Phi) is 15.1. The predicted molar refractivity (Wildman–Crippen MR) is 196 cm³/mol. The van der Waals surface area contributed by atoms with Crippen LogP contribution < -0.4 is 30.0 Å². The first-order chi connectivity index (χ1) is 20.1. The van der Waals surface area contributed by atoms with Gasteiger partial charge in [-0.05, 0) is 17.4 Å². The summed E-state index contributed by atoms with van der Waals surface area (Å²) in [5.41, 5.74) is 14.7. The van der Waals surface area contributed by atoms with Gasteiger partial charge in [0.05, 0.1) is 0 Å². The van der Waals surface area contributed by atoms with Crippen molar-refractivity contribution in [2.45, 2.75) is 118 Å². The SMILES string of the molecule is CC(C)(C)c1c[c-]c2c(c1)-c1cc(C(C)(C)C)ccc1C2.CC(C)(C)c1ccc([CH]=[Zr+2])cc1.Cc1cc([Si](C)(C)C)c(C)[cH-]1.[Cl-].[Cl-]. The van der Waals surface area contributed by atoms with Crippen molar-refractivity contribution in [1.82, 2.24) is 0 Å². The summed E-state index contributed by atoms with van der Waals surface area (Å²) in [5, 5.41) is 1.62. The molecule has 5 rings (SSSR count). The molecule has 0 heterocycles. The van der Waals surface area contributed by atoms with E-state index in [4.69, 9.17) is 0 Å². The molecule has 0 fully saturated rings. The molecule has 0 unspecified atom stereocenters. The molecule has 4 aromatic rings. The third kappa shape index (κ3) is 11.3. The Labute approximate surface area is 310 Å². The van der Waals surface area contributed by atoms with Gasteiger partial charge in [-0.3, -0.25) is 0 Å². The molecule has 0 bridgehead atoms. The summed E-state index contributed by atoms with van der Waals surface area (Å²) in [6.45, 7) is 32.0. The van der Waals surface area contributed by atoms with Crippen LogP contribution in [-0.2, 0) is 46.9 Å². The monoisotopic (exact) mass is 748 g/mol. The Balaban J connectivity index is 0.000000365. The summed E-state index contributed by atoms with van der Waals surface area (Å²) >= 11 is 1.46. The van der Waals surface area contributed by atoms with Gasteiger partial charge >= 0.3 is 89.5 Å². The number of hydrogen-bond donors (Lipinski definition) is 0. The molecule has 0 atom stereocenters. The smallest absolute Gasteiger partial charge is 0.00418 e. The summed E-state index contributed by atoms with van der Waals surface area (Å²) < 4.78 is 2.21. The molecule has 248 valence electrons. The molecule has 0 saturated carbocycles. The third-order valence-electron chi connectivity index (χ3n) is 8.52. The Morgan fingerprint density at radius 2 is 1.20 bits per heavy atom. The molecule has 0 nitrogen and oxygen atoms in total. The molecular weight excluding hydrogens is 695 g/mol. The van der Waals surface area contributed by atoms with Crippen LogP contribution in [0.3, 0.4) is 0 Å². The first kappa shape index (κ1) is 42.6. The Morgan fingerprint density at radius 3 is 1.61 bits per heavy atom. The molecule has 0 aromatic heterocycles. The van der Waals surface area contributed by atoms with Gasteiger partial charge in [-0.25, -0.2) is 6.07 Å². The second-order valence-electron chi connectivity index (χ2n) is 16.7. The van der Waals surface area contributed by atoms with Crippen molar-refractivity contribution in [2.24, 2.45) is 0 Å². The van der Waals surface area contributed by atoms with Crippen LogP contribution >= 0.6 is 0 Å². The standard InChI is InChI=1S/C21H25.C11H14.C10H17Si.2ClH.Zr/c1-20(2,3)16-9-7-14-11-15-8-10-17(21(4,5)6)13-19(15)18(14)12-16;1-9-5-7-10(8-6-9)11(2,3)4;1-8-6-9(2)10(7-8)11(3,4)5;;;/h7,9-10,12-13H,11H2,1-6H3;1,5-8H,2-4H3;6-7H,1-5H3;2*1H;/q-1;;-1;;;+2/p-2. The molecule has 4 aromatic carbocycles. The number of halogens is 2. The van der Waals surface area contributed by atoms with Crippen LogP contribution in [0.5, 0.6) is 0 Å². The van der Waals surface area contributed by atoms with Crippen LogP contribution in [0.2, 0.25) is 19.6 Å². The Bertz CT molecular complexity index is 1520. The van der Waals surface area contributed by atoms with E-state index in [1.807, 2.05) is 0 Å². The molecule has 0 N–H and O–H groups in total. The Morgan fingerprint density at radius 1 is 0.696 bits per heavy atom. The van der Waals surface area contributed by atoms with Gasteiger partial charge in [0.15, 0.2) is 0 Å². The maximum absolute atomic E-state index is 3.53. The van der Waals surface area contributed by atoms with Gasteiger partial charge in [0.2, 0.25) is 0 Å². The van der Waals surface area contributed by atoms with E-state index in [1.54, 1.807) is 5.19 Å². The van der Waals surface area contributed by atoms with Crippen molar-refractivity contribution in [3.63, 3.8) is 0 Å². The molecule has 0 spiro atoms. The third-order valence-corrected chi connectivity index (χ3v) is 11.5. The normalized spacial score (nSPS) is 12.3. The number of rotatable bonds is 2. The van der Waals surface area contributed by atoms with Gasteiger partial charge in [0.25, 0.3) is 0 Å². The van der Waals surface area contributed by atoms with E-state index in [2.05, 4.69) is 172 Å². The van der Waals surface area contributed by atoms with Crippen molar-refractivity contribution in [1.29, 1.82) is 0 Å². The van der Waals surface area contributed by atoms with Gasteiger partial charge < -0.3 is 24.8 Å². The quantitative estimate of drug-likeness (QED) is 0.178. The average molecular weight is 751 g/mol. The van der Waals surface area contributed by atoms with Crippen LogP contribution in [0.4, 0.5) is 0 Å². The molecule has 1 aliphatic rings. The molecule has 0 saturated heterocycles. The topological polar surface area (TPSA) is 0 Å². The minimum atomic E-state index is -1.06. The van der Waals surface area contributed by atoms with Gasteiger partial charge in [0, 0.05) is 8.07 Å². The van der Waals surface area contributed by atoms with Crippen LogP contribution in [-0.4, -0.2) is 11.8 Å². The van der Waals surface area contributed by atoms with E-state index in [0.717, 1.165) is 6.42 Å². The molecule has 0 amide bonds. The van der Waals surface area contributed by atoms with Crippen molar-refractivity contribution in [3.8, 4) is 11.1 Å². The number of fused-ring (bicyclic) bond motifs is 3. The molecule has 0 aliphatic heterocycles. The number of hydrogen-bond acceptors (Lipinski definition) is 0. The van der Waals surface area contributed by atoms with Crippen molar-refractivity contribution < 1.29 is 49.0 Å². The first-order valence-corrected chi connectivity index (χ1v) is 21.1. The van der Waals surface area contributed by atoms with Crippen molar-refractivity contribution in [3.05, 3.63) is 117 Å². The zero-order valence-corrected chi connectivity index (χ0v) is 35.9. The predicted octanol–water partition coefficient (Wildman–Crippen LogP) is 4.91. The minimum absolute atomic E-state index is 0. The zero-order chi connectivity index (χ0) is 33.3. The van der Waals surface area contributed by atoms with Crippen LogP contribution in [0.1, 0.15) is 107 Å². The summed E-state index contributed by atoms with van der Waals surface area (Å²) in [6.07, 6.45) is 1.03. The van der Waals surface area contributed by atoms with E-state index in [-0.39, 0.29) is 41.1 Å². The molecule has 0 radical (unpaired) electrons. The van der Waals surface area contributed by atoms with Crippen LogP contribution in [0, 0.1) is 19.9 Å². The fourth-order valence-electron chi connectivity index (χ4n) is 5.67. The summed E-state index contributed by atoms with van der Waals surface area (Å²) in [7, 11) is -1.06. The van der Waals surface area contributed by atoms with Gasteiger partial charge in [-0.15, -0.1) is 5.56 Å². The maximum Gasteiger partial charge on any atom is 0.00418 e. The van der Waals surface area contributed by atoms with Crippen molar-refractivity contribution >= 4 is 17.0 Å². The van der Waals surface area contributed by atoms with Gasteiger partial charge in [0.1, 0.15) is 0 Å². The van der Waals surface area contributed by atoms with Gasteiger partial charge in [-0.1, -0.05) is 110 Å². The second kappa shape index (κ2) is 16.3. The Hall–Kier alpha value is -1.44. The summed E-state index contributed by atoms with van der Waals surface area (Å²) in [6, 6.07) is 28.5. The van der Waals surface area contributed by atoms with Crippen molar-refractivity contribution in [2.75, 3.05) is 0 Å². The first-order valence-electron chi connectivity index (χ1n) is 16.2. The molecular formula is C42H56Cl2SiZr-2. The van der Waals surface area contributed by atoms with E-state index < -0.39 is 8.07 Å². The minimum Gasteiger partial charge on any atom is -1.00 e. The van der Waals surface area contributed by atoms with Crippen LogP contribution in [0.25, 0.3) is 11.1 Å². The summed E-state index contributed by atoms with van der Waals surface area (Å²) in [5.74, 6) is 0. The fraction of sp³-hybridized carbons (Fsp3) is 0.429. The van der Waals surface area contributed by atoms with E-state index >= 15 is 0 Å². The largest absolute Gasteiger partial charge is 1.00 e. The zero-order valence-electron chi connectivity index (χ0n) is 30.9. The fourth-order valence-corrected chi connectivity index (χ4v) is 8.06. The number of benzene rings is 3. The van der Waals surface area contributed by atoms with Crippen LogP contribution in [0.15, 0.2) is 66.7 Å². The summed E-state index contributed by atoms with van der Waals surface area (Å²) in [4.78, 5) is 0. The van der Waals surface area contributed by atoms with E-state index in [9.17, 15) is 0 Å². The maximum atomic E-state index is 3.53. The van der Waals surface area contributed by atoms with E-state index in [1.165, 1.54) is 79.9 Å². The van der Waals surface area contributed by atoms with E-state index in [0.29, 0.717) is 0 Å². The second-order valence-corrected chi connectivity index (χ2v) is 22.5.